The van der Waals surface area contributed by atoms with E-state index in [0.717, 1.165) is 32.5 Å². The van der Waals surface area contributed by atoms with Crippen molar-refractivity contribution in [2.24, 2.45) is 0 Å². The fraction of sp³-hybridized carbons (Fsp3) is 0.923. The van der Waals surface area contributed by atoms with E-state index in [4.69, 9.17) is 5.11 Å². The summed E-state index contributed by atoms with van der Waals surface area (Å²) in [7, 11) is 0. The molecule has 0 bridgehead atoms. The van der Waals surface area contributed by atoms with Crippen LogP contribution in [0.3, 0.4) is 0 Å². The zero-order valence-electron chi connectivity index (χ0n) is 10.8. The van der Waals surface area contributed by atoms with Crippen molar-refractivity contribution in [3.63, 3.8) is 0 Å². The Labute approximate surface area is 104 Å². The second-order valence-electron chi connectivity index (χ2n) is 5.31. The summed E-state index contributed by atoms with van der Waals surface area (Å²) in [6, 6.07) is 1.03. The van der Waals surface area contributed by atoms with E-state index >= 15 is 0 Å². The van der Waals surface area contributed by atoms with E-state index in [9.17, 15) is 4.79 Å². The summed E-state index contributed by atoms with van der Waals surface area (Å²) in [5.41, 5.74) is 0. The average Bonchev–Trinajstić information content (AvgIpc) is 3.13. The van der Waals surface area contributed by atoms with E-state index in [1.807, 2.05) is 4.90 Å². The number of rotatable bonds is 5. The lowest BCUT2D eigenvalue weighted by molar-refractivity contribution is -0.133. The molecule has 0 aromatic rings. The lowest BCUT2D eigenvalue weighted by Gasteiger charge is -2.38. The maximum atomic E-state index is 11.6. The third kappa shape index (κ3) is 3.42. The molecule has 0 aromatic heterocycles. The minimum absolute atomic E-state index is 0.203. The summed E-state index contributed by atoms with van der Waals surface area (Å²) in [5.74, 6) is 0.203. The second kappa shape index (κ2) is 5.83. The van der Waals surface area contributed by atoms with Gasteiger partial charge in [-0.1, -0.05) is 0 Å². The minimum Gasteiger partial charge on any atom is -0.395 e. The third-order valence-corrected chi connectivity index (χ3v) is 3.93. The number of carbonyl (C=O) groups is 1. The number of aliphatic hydroxyl groups is 1. The number of likely N-dealkylation sites (tertiary alicyclic amines) is 1. The number of piperidine rings is 1. The van der Waals surface area contributed by atoms with Crippen LogP contribution in [-0.4, -0.2) is 59.1 Å². The minimum atomic E-state index is 0.203. The van der Waals surface area contributed by atoms with Gasteiger partial charge < -0.3 is 10.0 Å². The Morgan fingerprint density at radius 1 is 1.35 bits per heavy atom. The quantitative estimate of drug-likeness (QED) is 0.774. The summed E-state index contributed by atoms with van der Waals surface area (Å²) >= 11 is 0. The first-order valence-electron chi connectivity index (χ1n) is 6.84. The van der Waals surface area contributed by atoms with Crippen LogP contribution in [0.2, 0.25) is 0 Å². The highest BCUT2D eigenvalue weighted by Gasteiger charge is 2.33. The zero-order valence-corrected chi connectivity index (χ0v) is 10.8. The standard InChI is InChI=1S/C13H24N2O2/c1-11(17)15-7-3-2-4-13(15)10-14(8-9-16)12-5-6-12/h12-13,16H,2-10H2,1H3/t13-/m1/s1. The number of hydrogen-bond donors (Lipinski definition) is 1. The van der Waals surface area contributed by atoms with Gasteiger partial charge in [-0.05, 0) is 32.1 Å². The summed E-state index contributed by atoms with van der Waals surface area (Å²) < 4.78 is 0. The van der Waals surface area contributed by atoms with E-state index < -0.39 is 0 Å². The van der Waals surface area contributed by atoms with Crippen molar-refractivity contribution in [2.45, 2.75) is 51.1 Å². The molecular formula is C13H24N2O2. The second-order valence-corrected chi connectivity index (χ2v) is 5.31. The number of amides is 1. The lowest BCUT2D eigenvalue weighted by Crippen LogP contribution is -2.49. The predicted molar refractivity (Wildman–Crippen MR) is 66.7 cm³/mol. The Kier molecular flexibility index (Phi) is 4.40. The SMILES string of the molecule is CC(=O)N1CCCC[C@@H]1CN(CCO)C1CC1. The van der Waals surface area contributed by atoms with Crippen molar-refractivity contribution in [3.8, 4) is 0 Å². The number of carbonyl (C=O) groups excluding carboxylic acids is 1. The fourth-order valence-electron chi connectivity index (χ4n) is 2.87. The molecular weight excluding hydrogens is 216 g/mol. The molecule has 1 saturated carbocycles. The molecule has 0 aromatic carbocycles. The maximum Gasteiger partial charge on any atom is 0.219 e. The fourth-order valence-corrected chi connectivity index (χ4v) is 2.87. The Morgan fingerprint density at radius 3 is 2.71 bits per heavy atom. The van der Waals surface area contributed by atoms with E-state index in [-0.39, 0.29) is 12.5 Å². The van der Waals surface area contributed by atoms with Crippen molar-refractivity contribution in [2.75, 3.05) is 26.2 Å². The van der Waals surface area contributed by atoms with Crippen molar-refractivity contribution in [3.05, 3.63) is 0 Å². The van der Waals surface area contributed by atoms with Crippen LogP contribution in [0, 0.1) is 0 Å². The first-order chi connectivity index (χ1) is 8.22. The van der Waals surface area contributed by atoms with Crippen LogP contribution < -0.4 is 0 Å². The number of aliphatic hydroxyl groups excluding tert-OH is 1. The Hall–Kier alpha value is -0.610. The van der Waals surface area contributed by atoms with Gasteiger partial charge in [0, 0.05) is 38.6 Å². The topological polar surface area (TPSA) is 43.8 Å². The zero-order chi connectivity index (χ0) is 12.3. The molecule has 1 atom stereocenters. The molecule has 2 aliphatic rings. The van der Waals surface area contributed by atoms with E-state index in [1.54, 1.807) is 6.92 Å². The van der Waals surface area contributed by atoms with Gasteiger partial charge in [-0.25, -0.2) is 0 Å². The maximum absolute atomic E-state index is 11.6. The van der Waals surface area contributed by atoms with Gasteiger partial charge in [-0.3, -0.25) is 9.69 Å². The lowest BCUT2D eigenvalue weighted by atomic mass is 10.0. The monoisotopic (exact) mass is 240 g/mol. The van der Waals surface area contributed by atoms with E-state index in [0.29, 0.717) is 12.1 Å². The molecule has 4 nitrogen and oxygen atoms in total. The molecule has 1 amide bonds. The van der Waals surface area contributed by atoms with Gasteiger partial charge >= 0.3 is 0 Å². The largest absolute Gasteiger partial charge is 0.395 e. The summed E-state index contributed by atoms with van der Waals surface area (Å²) in [6.45, 7) is 4.52. The molecule has 0 spiro atoms. The van der Waals surface area contributed by atoms with Gasteiger partial charge in [0.15, 0.2) is 0 Å². The number of hydrogen-bond acceptors (Lipinski definition) is 3. The smallest absolute Gasteiger partial charge is 0.219 e. The first kappa shape index (κ1) is 12.8. The summed E-state index contributed by atoms with van der Waals surface area (Å²) in [4.78, 5) is 16.0. The predicted octanol–water partition coefficient (Wildman–Crippen LogP) is 0.844. The Bertz CT molecular complexity index is 266. The molecule has 0 radical (unpaired) electrons. The highest BCUT2D eigenvalue weighted by Crippen LogP contribution is 2.28. The van der Waals surface area contributed by atoms with Crippen LogP contribution in [-0.2, 0) is 4.79 Å². The molecule has 98 valence electrons. The van der Waals surface area contributed by atoms with Gasteiger partial charge in [0.2, 0.25) is 5.91 Å². The van der Waals surface area contributed by atoms with Crippen LogP contribution in [0.1, 0.15) is 39.0 Å². The van der Waals surface area contributed by atoms with Crippen LogP contribution >= 0.6 is 0 Å². The van der Waals surface area contributed by atoms with Crippen LogP contribution in [0.4, 0.5) is 0 Å². The molecule has 17 heavy (non-hydrogen) atoms. The molecule has 1 aliphatic heterocycles. The molecule has 1 saturated heterocycles. The molecule has 4 heteroatoms. The first-order valence-corrected chi connectivity index (χ1v) is 6.84. The molecule has 1 aliphatic carbocycles. The average molecular weight is 240 g/mol. The normalized spacial score (nSPS) is 25.4. The van der Waals surface area contributed by atoms with Crippen LogP contribution in [0.25, 0.3) is 0 Å². The van der Waals surface area contributed by atoms with Crippen LogP contribution in [0.15, 0.2) is 0 Å². The van der Waals surface area contributed by atoms with Crippen LogP contribution in [0.5, 0.6) is 0 Å². The van der Waals surface area contributed by atoms with Crippen molar-refractivity contribution >= 4 is 5.91 Å². The van der Waals surface area contributed by atoms with E-state index in [2.05, 4.69) is 4.90 Å². The summed E-state index contributed by atoms with van der Waals surface area (Å²) in [6.07, 6.45) is 6.00. The van der Waals surface area contributed by atoms with Gasteiger partial charge in [-0.15, -0.1) is 0 Å². The van der Waals surface area contributed by atoms with Crippen molar-refractivity contribution in [1.29, 1.82) is 0 Å². The number of nitrogens with zero attached hydrogens (tertiary/aromatic N) is 2. The van der Waals surface area contributed by atoms with E-state index in [1.165, 1.54) is 19.3 Å². The van der Waals surface area contributed by atoms with Gasteiger partial charge in [0.25, 0.3) is 0 Å². The molecule has 0 unspecified atom stereocenters. The highest BCUT2D eigenvalue weighted by atomic mass is 16.3. The summed E-state index contributed by atoms with van der Waals surface area (Å²) in [5, 5.41) is 9.10. The molecule has 2 fully saturated rings. The molecule has 2 rings (SSSR count). The van der Waals surface area contributed by atoms with Gasteiger partial charge in [0.05, 0.1) is 6.61 Å². The van der Waals surface area contributed by atoms with Crippen molar-refractivity contribution in [1.82, 2.24) is 9.80 Å². The Morgan fingerprint density at radius 2 is 2.12 bits per heavy atom. The highest BCUT2D eigenvalue weighted by molar-refractivity contribution is 5.73. The molecule has 1 N–H and O–H groups in total. The Balaban J connectivity index is 1.91. The molecule has 1 heterocycles. The van der Waals surface area contributed by atoms with Gasteiger partial charge in [-0.2, -0.15) is 0 Å². The van der Waals surface area contributed by atoms with Crippen molar-refractivity contribution < 1.29 is 9.90 Å². The third-order valence-electron chi connectivity index (χ3n) is 3.93. The van der Waals surface area contributed by atoms with Gasteiger partial charge in [0.1, 0.15) is 0 Å².